The Morgan fingerprint density at radius 2 is 1.89 bits per heavy atom. The number of benzene rings is 2. The Kier molecular flexibility index (Phi) is 6.21. The predicted molar refractivity (Wildman–Crippen MR) is 106 cm³/mol. The molecule has 3 rings (SSSR count). The van der Waals surface area contributed by atoms with E-state index in [1.54, 1.807) is 36.3 Å². The molecule has 7 heteroatoms. The lowest BCUT2D eigenvalue weighted by atomic mass is 10.1. The molecule has 0 N–H and O–H groups in total. The first-order valence-corrected chi connectivity index (χ1v) is 9.63. The molecule has 0 saturated carbocycles. The maximum Gasteiger partial charge on any atom is 0.254 e. The van der Waals surface area contributed by atoms with Crippen molar-refractivity contribution in [2.24, 2.45) is 0 Å². The zero-order chi connectivity index (χ0) is 19.4. The minimum Gasteiger partial charge on any atom is -0.493 e. The molecule has 2 aromatic rings. The number of halogens is 2. The summed E-state index contributed by atoms with van der Waals surface area (Å²) in [7, 11) is 1.55. The van der Waals surface area contributed by atoms with Gasteiger partial charge in [0, 0.05) is 31.7 Å². The van der Waals surface area contributed by atoms with Crippen LogP contribution in [0.15, 0.2) is 40.9 Å². The molecule has 1 aliphatic heterocycles. The van der Waals surface area contributed by atoms with Crippen LogP contribution >= 0.6 is 15.9 Å². The molecule has 0 aliphatic carbocycles. The van der Waals surface area contributed by atoms with Crippen LogP contribution in [0.4, 0.5) is 10.1 Å². The lowest BCUT2D eigenvalue weighted by molar-refractivity contribution is 0.0746. The Morgan fingerprint density at radius 3 is 2.52 bits per heavy atom. The molecular formula is C20H22BrFN2O3. The standard InChI is InChI=1S/C20H22BrFN2O3/c1-3-27-19-15(21)12-14(13-18(19)26-2)20(25)24-10-8-23(9-11-24)17-7-5-4-6-16(17)22/h4-7,12-13H,3,8-11H2,1-2H3. The largest absolute Gasteiger partial charge is 0.493 e. The van der Waals surface area contributed by atoms with E-state index in [0.717, 1.165) is 0 Å². The number of para-hydroxylation sites is 1. The van der Waals surface area contributed by atoms with E-state index in [2.05, 4.69) is 15.9 Å². The van der Waals surface area contributed by atoms with E-state index in [-0.39, 0.29) is 11.7 Å². The first kappa shape index (κ1) is 19.5. The second-order valence-electron chi connectivity index (χ2n) is 6.15. The van der Waals surface area contributed by atoms with Crippen LogP contribution < -0.4 is 14.4 Å². The van der Waals surface area contributed by atoms with Gasteiger partial charge in [-0.3, -0.25) is 4.79 Å². The fraction of sp³-hybridized carbons (Fsp3) is 0.350. The lowest BCUT2D eigenvalue weighted by Gasteiger charge is -2.36. The fourth-order valence-corrected chi connectivity index (χ4v) is 3.73. The Labute approximate surface area is 166 Å². The van der Waals surface area contributed by atoms with Gasteiger partial charge in [-0.05, 0) is 47.1 Å². The van der Waals surface area contributed by atoms with Crippen molar-refractivity contribution in [3.05, 3.63) is 52.3 Å². The van der Waals surface area contributed by atoms with Crippen molar-refractivity contribution >= 4 is 27.5 Å². The van der Waals surface area contributed by atoms with Crippen LogP contribution in [-0.2, 0) is 0 Å². The van der Waals surface area contributed by atoms with Crippen LogP contribution in [0.1, 0.15) is 17.3 Å². The topological polar surface area (TPSA) is 42.0 Å². The SMILES string of the molecule is CCOc1c(Br)cc(C(=O)N2CCN(c3ccccc3F)CC2)cc1OC. The van der Waals surface area contributed by atoms with Crippen molar-refractivity contribution in [2.45, 2.75) is 6.92 Å². The average Bonchev–Trinajstić information content (AvgIpc) is 2.69. The number of anilines is 1. The number of carbonyl (C=O) groups excluding carboxylic acids is 1. The van der Waals surface area contributed by atoms with Gasteiger partial charge in [0.05, 0.1) is 23.9 Å². The molecule has 27 heavy (non-hydrogen) atoms. The summed E-state index contributed by atoms with van der Waals surface area (Å²) in [6, 6.07) is 10.2. The molecule has 0 unspecified atom stereocenters. The monoisotopic (exact) mass is 436 g/mol. The van der Waals surface area contributed by atoms with Gasteiger partial charge in [-0.15, -0.1) is 0 Å². The Bertz CT molecular complexity index is 823. The highest BCUT2D eigenvalue weighted by atomic mass is 79.9. The summed E-state index contributed by atoms with van der Waals surface area (Å²) in [6.07, 6.45) is 0. The first-order chi connectivity index (χ1) is 13.0. The van der Waals surface area contributed by atoms with Crippen molar-refractivity contribution in [3.63, 3.8) is 0 Å². The van der Waals surface area contributed by atoms with Crippen molar-refractivity contribution in [2.75, 3.05) is 44.8 Å². The molecule has 0 aromatic heterocycles. The number of ether oxygens (including phenoxy) is 2. The van der Waals surface area contributed by atoms with Gasteiger partial charge in [-0.2, -0.15) is 0 Å². The number of piperazine rings is 1. The van der Waals surface area contributed by atoms with Crippen molar-refractivity contribution in [3.8, 4) is 11.5 Å². The summed E-state index contributed by atoms with van der Waals surface area (Å²) in [5.74, 6) is 0.781. The molecule has 1 fully saturated rings. The Hall–Kier alpha value is -2.28. The van der Waals surface area contributed by atoms with Gasteiger partial charge in [0.15, 0.2) is 11.5 Å². The molecule has 1 amide bonds. The number of carbonyl (C=O) groups is 1. The third-order valence-corrected chi connectivity index (χ3v) is 5.11. The number of methoxy groups -OCH3 is 1. The van der Waals surface area contributed by atoms with Crippen LogP contribution in [-0.4, -0.2) is 50.7 Å². The molecule has 5 nitrogen and oxygen atoms in total. The Morgan fingerprint density at radius 1 is 1.19 bits per heavy atom. The summed E-state index contributed by atoms with van der Waals surface area (Å²) in [6.45, 7) is 4.62. The average molecular weight is 437 g/mol. The quantitative estimate of drug-likeness (QED) is 0.711. The normalized spacial score (nSPS) is 14.2. The third kappa shape index (κ3) is 4.18. The van der Waals surface area contributed by atoms with E-state index >= 15 is 0 Å². The number of amides is 1. The number of hydrogen-bond donors (Lipinski definition) is 0. The van der Waals surface area contributed by atoms with Gasteiger partial charge in [-0.1, -0.05) is 12.1 Å². The van der Waals surface area contributed by atoms with Gasteiger partial charge in [0.2, 0.25) is 0 Å². The number of rotatable bonds is 5. The van der Waals surface area contributed by atoms with Gasteiger partial charge in [0.25, 0.3) is 5.91 Å². The van der Waals surface area contributed by atoms with Crippen LogP contribution in [0.25, 0.3) is 0 Å². The molecule has 1 aliphatic rings. The maximum atomic E-state index is 14.0. The fourth-order valence-electron chi connectivity index (χ4n) is 3.17. The van der Waals surface area contributed by atoms with Crippen LogP contribution in [0.2, 0.25) is 0 Å². The summed E-state index contributed by atoms with van der Waals surface area (Å²) >= 11 is 3.45. The van der Waals surface area contributed by atoms with E-state index in [1.807, 2.05) is 17.9 Å². The van der Waals surface area contributed by atoms with E-state index in [0.29, 0.717) is 60.0 Å². The molecule has 0 bridgehead atoms. The van der Waals surface area contributed by atoms with Crippen LogP contribution in [0.5, 0.6) is 11.5 Å². The Balaban J connectivity index is 1.72. The molecule has 1 heterocycles. The minimum absolute atomic E-state index is 0.0785. The van der Waals surface area contributed by atoms with E-state index in [4.69, 9.17) is 9.47 Å². The smallest absolute Gasteiger partial charge is 0.254 e. The highest BCUT2D eigenvalue weighted by molar-refractivity contribution is 9.10. The van der Waals surface area contributed by atoms with Gasteiger partial charge in [-0.25, -0.2) is 4.39 Å². The third-order valence-electron chi connectivity index (χ3n) is 4.53. The highest BCUT2D eigenvalue weighted by Crippen LogP contribution is 2.37. The molecule has 0 spiro atoms. The minimum atomic E-state index is -0.238. The molecular weight excluding hydrogens is 415 g/mol. The highest BCUT2D eigenvalue weighted by Gasteiger charge is 2.25. The number of nitrogens with zero attached hydrogens (tertiary/aromatic N) is 2. The summed E-state index contributed by atoms with van der Waals surface area (Å²) in [4.78, 5) is 16.7. The second-order valence-corrected chi connectivity index (χ2v) is 7.01. The number of hydrogen-bond acceptors (Lipinski definition) is 4. The molecule has 0 atom stereocenters. The summed E-state index contributed by atoms with van der Waals surface area (Å²) < 4.78 is 25.6. The zero-order valence-electron chi connectivity index (χ0n) is 15.4. The lowest BCUT2D eigenvalue weighted by Crippen LogP contribution is -2.49. The second kappa shape index (κ2) is 8.61. The van der Waals surface area contributed by atoms with Gasteiger partial charge >= 0.3 is 0 Å². The van der Waals surface area contributed by atoms with E-state index in [1.165, 1.54) is 6.07 Å². The van der Waals surface area contributed by atoms with Crippen LogP contribution in [0.3, 0.4) is 0 Å². The van der Waals surface area contributed by atoms with Crippen molar-refractivity contribution in [1.29, 1.82) is 0 Å². The molecule has 0 radical (unpaired) electrons. The van der Waals surface area contributed by atoms with Gasteiger partial charge in [0.1, 0.15) is 5.82 Å². The van der Waals surface area contributed by atoms with Gasteiger partial charge < -0.3 is 19.3 Å². The van der Waals surface area contributed by atoms with E-state index < -0.39 is 0 Å². The molecule has 1 saturated heterocycles. The maximum absolute atomic E-state index is 14.0. The van der Waals surface area contributed by atoms with E-state index in [9.17, 15) is 9.18 Å². The summed E-state index contributed by atoms with van der Waals surface area (Å²) in [5, 5.41) is 0. The molecule has 144 valence electrons. The van der Waals surface area contributed by atoms with Crippen LogP contribution in [0, 0.1) is 5.82 Å². The zero-order valence-corrected chi connectivity index (χ0v) is 17.0. The predicted octanol–water partition coefficient (Wildman–Crippen LogP) is 3.96. The first-order valence-electron chi connectivity index (χ1n) is 8.84. The van der Waals surface area contributed by atoms with Crippen molar-refractivity contribution < 1.29 is 18.7 Å². The molecule has 2 aromatic carbocycles. The summed E-state index contributed by atoms with van der Waals surface area (Å²) in [5.41, 5.74) is 1.11. The van der Waals surface area contributed by atoms with Crippen molar-refractivity contribution in [1.82, 2.24) is 4.90 Å².